The maximum absolute atomic E-state index is 11.8. The van der Waals surface area contributed by atoms with Crippen LogP contribution in [0.25, 0.3) is 0 Å². The van der Waals surface area contributed by atoms with Crippen molar-refractivity contribution in [1.29, 1.82) is 0 Å². The van der Waals surface area contributed by atoms with Crippen molar-refractivity contribution < 1.29 is 9.21 Å². The Labute approximate surface area is 129 Å². The van der Waals surface area contributed by atoms with Gasteiger partial charge in [0.25, 0.3) is 0 Å². The molecular weight excluding hydrogens is 288 g/mol. The number of furan rings is 1. The van der Waals surface area contributed by atoms with Crippen molar-refractivity contribution in [3.05, 3.63) is 53.4 Å². The van der Waals surface area contributed by atoms with Gasteiger partial charge in [-0.05, 0) is 49.7 Å². The number of aryl methyl sites for hydroxylation is 1. The van der Waals surface area contributed by atoms with E-state index in [1.807, 2.05) is 12.1 Å². The molecule has 0 spiro atoms. The number of hydrogen-bond acceptors (Lipinski definition) is 3. The van der Waals surface area contributed by atoms with Gasteiger partial charge in [0.1, 0.15) is 5.76 Å². The second-order valence-electron chi connectivity index (χ2n) is 4.96. The summed E-state index contributed by atoms with van der Waals surface area (Å²) >= 11 is 5.80. The molecule has 0 fully saturated rings. The third-order valence-electron chi connectivity index (χ3n) is 3.14. The predicted octanol–water partition coefficient (Wildman–Crippen LogP) is 3.48. The molecule has 0 radical (unpaired) electrons. The number of carbonyl (C=O) groups excluding carboxylic acids is 1. The van der Waals surface area contributed by atoms with E-state index in [2.05, 4.69) is 17.6 Å². The third-order valence-corrected chi connectivity index (χ3v) is 3.39. The van der Waals surface area contributed by atoms with Gasteiger partial charge in [-0.25, -0.2) is 0 Å². The lowest BCUT2D eigenvalue weighted by atomic mass is 10.1. The maximum atomic E-state index is 11.8. The minimum absolute atomic E-state index is 0.0674. The summed E-state index contributed by atoms with van der Waals surface area (Å²) < 4.78 is 5.28. The monoisotopic (exact) mass is 306 g/mol. The first kappa shape index (κ1) is 15.6. The van der Waals surface area contributed by atoms with Gasteiger partial charge < -0.3 is 15.1 Å². The van der Waals surface area contributed by atoms with Crippen LogP contribution in [0.15, 0.2) is 47.1 Å². The molecule has 2 N–H and O–H groups in total. The fraction of sp³-hybridized carbons (Fsp3) is 0.312. The number of rotatable bonds is 7. The fourth-order valence-electron chi connectivity index (χ4n) is 1.92. The number of carbonyl (C=O) groups is 1. The zero-order valence-electron chi connectivity index (χ0n) is 11.9. The average Bonchev–Trinajstić information content (AvgIpc) is 2.99. The summed E-state index contributed by atoms with van der Waals surface area (Å²) in [6, 6.07) is 11.1. The highest BCUT2D eigenvalue weighted by atomic mass is 35.5. The highest BCUT2D eigenvalue weighted by molar-refractivity contribution is 6.30. The van der Waals surface area contributed by atoms with E-state index >= 15 is 0 Å². The largest absolute Gasteiger partial charge is 0.469 e. The number of halogens is 1. The van der Waals surface area contributed by atoms with Gasteiger partial charge >= 0.3 is 0 Å². The van der Waals surface area contributed by atoms with Gasteiger partial charge in [0.2, 0.25) is 5.91 Å². The van der Waals surface area contributed by atoms with E-state index in [0.29, 0.717) is 5.02 Å². The van der Waals surface area contributed by atoms with Crippen LogP contribution in [0.3, 0.4) is 0 Å². The first-order valence-corrected chi connectivity index (χ1v) is 7.32. The van der Waals surface area contributed by atoms with Crippen molar-refractivity contribution in [2.45, 2.75) is 25.8 Å². The van der Waals surface area contributed by atoms with Crippen LogP contribution in [-0.4, -0.2) is 18.5 Å². The minimum Gasteiger partial charge on any atom is -0.469 e. The summed E-state index contributed by atoms with van der Waals surface area (Å²) in [6.45, 7) is 2.33. The number of benzene rings is 1. The van der Waals surface area contributed by atoms with Gasteiger partial charge in [-0.2, -0.15) is 0 Å². The molecule has 4 nitrogen and oxygen atoms in total. The topological polar surface area (TPSA) is 54.3 Å². The standard InChI is InChI=1S/C16H19ClN2O2/c1-12(4-9-15-3-2-10-21-15)18-11-16(20)19-14-7-5-13(17)6-8-14/h2-3,5-8,10,12,18H,4,9,11H2,1H3,(H,19,20). The third kappa shape index (κ3) is 5.61. The molecule has 0 aliphatic rings. The van der Waals surface area contributed by atoms with Crippen molar-refractivity contribution >= 4 is 23.2 Å². The first-order chi connectivity index (χ1) is 10.1. The molecule has 2 rings (SSSR count). The molecule has 0 saturated carbocycles. The number of nitrogens with one attached hydrogen (secondary N) is 2. The van der Waals surface area contributed by atoms with Crippen LogP contribution in [0, 0.1) is 0 Å². The van der Waals surface area contributed by atoms with Crippen molar-refractivity contribution in [2.75, 3.05) is 11.9 Å². The molecule has 5 heteroatoms. The maximum Gasteiger partial charge on any atom is 0.238 e. The summed E-state index contributed by atoms with van der Waals surface area (Å²) in [4.78, 5) is 11.8. The summed E-state index contributed by atoms with van der Waals surface area (Å²) in [5.41, 5.74) is 0.745. The van der Waals surface area contributed by atoms with Gasteiger partial charge in [-0.1, -0.05) is 11.6 Å². The molecule has 1 aromatic heterocycles. The van der Waals surface area contributed by atoms with Crippen LogP contribution in [0.1, 0.15) is 19.1 Å². The molecule has 0 aliphatic carbocycles. The van der Waals surface area contributed by atoms with Crippen LogP contribution in [0.2, 0.25) is 5.02 Å². The van der Waals surface area contributed by atoms with Gasteiger partial charge in [-0.15, -0.1) is 0 Å². The van der Waals surface area contributed by atoms with Gasteiger partial charge in [0, 0.05) is 23.2 Å². The molecule has 21 heavy (non-hydrogen) atoms. The lowest BCUT2D eigenvalue weighted by Gasteiger charge is -2.13. The second-order valence-corrected chi connectivity index (χ2v) is 5.39. The zero-order valence-corrected chi connectivity index (χ0v) is 12.7. The van der Waals surface area contributed by atoms with Crippen LogP contribution < -0.4 is 10.6 Å². The van der Waals surface area contributed by atoms with Crippen LogP contribution in [0.4, 0.5) is 5.69 Å². The van der Waals surface area contributed by atoms with E-state index in [0.717, 1.165) is 24.3 Å². The lowest BCUT2D eigenvalue weighted by molar-refractivity contribution is -0.115. The summed E-state index contributed by atoms with van der Waals surface area (Å²) in [7, 11) is 0. The molecule has 0 bridgehead atoms. The van der Waals surface area contributed by atoms with Gasteiger partial charge in [-0.3, -0.25) is 4.79 Å². The SMILES string of the molecule is CC(CCc1ccco1)NCC(=O)Nc1ccc(Cl)cc1. The number of hydrogen-bond donors (Lipinski definition) is 2. The molecule has 1 atom stereocenters. The Balaban J connectivity index is 1.67. The number of amides is 1. The Bertz CT molecular complexity index is 552. The molecule has 2 aromatic rings. The molecule has 1 unspecified atom stereocenters. The van der Waals surface area contributed by atoms with Crippen molar-refractivity contribution in [1.82, 2.24) is 5.32 Å². The first-order valence-electron chi connectivity index (χ1n) is 6.94. The molecule has 1 heterocycles. The van der Waals surface area contributed by atoms with E-state index in [-0.39, 0.29) is 18.5 Å². The van der Waals surface area contributed by atoms with E-state index in [1.54, 1.807) is 30.5 Å². The average molecular weight is 307 g/mol. The van der Waals surface area contributed by atoms with E-state index in [1.165, 1.54) is 0 Å². The lowest BCUT2D eigenvalue weighted by Crippen LogP contribution is -2.34. The van der Waals surface area contributed by atoms with E-state index < -0.39 is 0 Å². The second kappa shape index (κ2) is 7.86. The quantitative estimate of drug-likeness (QED) is 0.823. The molecule has 112 valence electrons. The molecular formula is C16H19ClN2O2. The smallest absolute Gasteiger partial charge is 0.238 e. The Morgan fingerprint density at radius 1 is 1.29 bits per heavy atom. The van der Waals surface area contributed by atoms with Crippen LogP contribution >= 0.6 is 11.6 Å². The van der Waals surface area contributed by atoms with Crippen molar-refractivity contribution in [2.24, 2.45) is 0 Å². The summed E-state index contributed by atoms with van der Waals surface area (Å²) in [5, 5.41) is 6.66. The van der Waals surface area contributed by atoms with Gasteiger partial charge in [0.05, 0.1) is 12.8 Å². The normalized spacial score (nSPS) is 12.1. The van der Waals surface area contributed by atoms with Crippen molar-refractivity contribution in [3.63, 3.8) is 0 Å². The minimum atomic E-state index is -0.0674. The Hall–Kier alpha value is -1.78. The molecule has 0 aliphatic heterocycles. The Morgan fingerprint density at radius 3 is 2.71 bits per heavy atom. The Morgan fingerprint density at radius 2 is 2.05 bits per heavy atom. The molecule has 1 amide bonds. The fourth-order valence-corrected chi connectivity index (χ4v) is 2.05. The summed E-state index contributed by atoms with van der Waals surface area (Å²) in [5.74, 6) is 0.899. The van der Waals surface area contributed by atoms with E-state index in [9.17, 15) is 4.79 Å². The van der Waals surface area contributed by atoms with Gasteiger partial charge in [0.15, 0.2) is 0 Å². The van der Waals surface area contributed by atoms with Crippen molar-refractivity contribution in [3.8, 4) is 0 Å². The van der Waals surface area contributed by atoms with E-state index in [4.69, 9.17) is 16.0 Å². The predicted molar refractivity (Wildman–Crippen MR) is 84.6 cm³/mol. The number of anilines is 1. The van der Waals surface area contributed by atoms with Crippen LogP contribution in [0.5, 0.6) is 0 Å². The Kier molecular flexibility index (Phi) is 5.84. The highest BCUT2D eigenvalue weighted by Crippen LogP contribution is 2.13. The summed E-state index contributed by atoms with van der Waals surface area (Å²) in [6.07, 6.45) is 3.45. The molecule has 1 aromatic carbocycles. The highest BCUT2D eigenvalue weighted by Gasteiger charge is 2.07. The zero-order chi connectivity index (χ0) is 15.1. The van der Waals surface area contributed by atoms with Crippen LogP contribution in [-0.2, 0) is 11.2 Å². The molecule has 0 saturated heterocycles.